The van der Waals surface area contributed by atoms with Crippen molar-refractivity contribution < 1.29 is 22.7 Å². The highest BCUT2D eigenvalue weighted by Gasteiger charge is 2.65. The van der Waals surface area contributed by atoms with E-state index in [1.54, 1.807) is 13.2 Å². The van der Waals surface area contributed by atoms with Gasteiger partial charge < -0.3 is 19.1 Å². The fraction of sp³-hybridized carbons (Fsp3) is 0.579. The monoisotopic (exact) mass is 670 g/mol. The molecule has 3 saturated carbocycles. The lowest BCUT2D eigenvalue weighted by molar-refractivity contribution is -0.142. The Morgan fingerprint density at radius 2 is 1.77 bits per heavy atom. The zero-order chi connectivity index (χ0) is 32.9. The van der Waals surface area contributed by atoms with Gasteiger partial charge in [-0.2, -0.15) is 0 Å². The number of methoxy groups -OCH3 is 1. The lowest BCUT2D eigenvalue weighted by Crippen LogP contribution is -2.52. The number of aromatic nitrogens is 1. The summed E-state index contributed by atoms with van der Waals surface area (Å²) in [6.45, 7) is 3.32. The number of fused-ring (bicyclic) bond motifs is 8. The van der Waals surface area contributed by atoms with Crippen LogP contribution in [0.1, 0.15) is 97.5 Å². The number of carbonyl (C=O) groups excluding carboxylic acids is 2. The SMILES string of the molecule is COc1ccc2c(c1)C1CC1(C(=O)N1CCCC3CN(C)CC31)Cn1c-2c(C2CCCCC2)c2ccc(C(=O)NS(=O)(=O)C3CC3)cc21. The summed E-state index contributed by atoms with van der Waals surface area (Å²) >= 11 is 0. The van der Waals surface area contributed by atoms with Gasteiger partial charge in [0.15, 0.2) is 0 Å². The quantitative estimate of drug-likeness (QED) is 0.365. The van der Waals surface area contributed by atoms with Gasteiger partial charge in [-0.3, -0.25) is 9.59 Å². The molecule has 4 heterocycles. The van der Waals surface area contributed by atoms with Crippen LogP contribution in [-0.4, -0.2) is 79.7 Å². The molecule has 2 amide bonds. The Kier molecular flexibility index (Phi) is 7.07. The molecule has 10 heteroatoms. The summed E-state index contributed by atoms with van der Waals surface area (Å²) in [5.41, 5.74) is 5.49. The highest BCUT2D eigenvalue weighted by atomic mass is 32.2. The van der Waals surface area contributed by atoms with E-state index < -0.39 is 26.6 Å². The fourth-order valence-electron chi connectivity index (χ4n) is 10.0. The van der Waals surface area contributed by atoms with Crippen LogP contribution in [0.3, 0.4) is 0 Å². The number of hydrogen-bond donors (Lipinski definition) is 1. The van der Waals surface area contributed by atoms with Gasteiger partial charge in [-0.15, -0.1) is 0 Å². The van der Waals surface area contributed by atoms with Gasteiger partial charge in [0.2, 0.25) is 15.9 Å². The fourth-order valence-corrected chi connectivity index (χ4v) is 11.3. The second kappa shape index (κ2) is 11.1. The number of sulfonamides is 1. The van der Waals surface area contributed by atoms with E-state index in [-0.39, 0.29) is 17.9 Å². The Morgan fingerprint density at radius 1 is 0.958 bits per heavy atom. The van der Waals surface area contributed by atoms with Crippen LogP contribution in [0, 0.1) is 11.3 Å². The van der Waals surface area contributed by atoms with E-state index in [4.69, 9.17) is 4.74 Å². The van der Waals surface area contributed by atoms with Crippen LogP contribution in [0.15, 0.2) is 36.4 Å². The number of amides is 2. The number of ether oxygens (including phenoxy) is 1. The number of nitrogens with zero attached hydrogens (tertiary/aromatic N) is 3. The van der Waals surface area contributed by atoms with Crippen molar-refractivity contribution in [3.8, 4) is 17.0 Å². The highest BCUT2D eigenvalue weighted by molar-refractivity contribution is 7.91. The van der Waals surface area contributed by atoms with Crippen molar-refractivity contribution in [3.05, 3.63) is 53.1 Å². The standard InChI is InChI=1S/C38H46N4O5S/c1-40-20-25-9-6-16-41(33(25)21-40)37(44)38-19-31(38)30-18-26(47-2)11-15-28(30)35-34(23-7-4-3-5-8-23)29-14-10-24(17-32(29)42(35)22-38)36(43)39-48(45,46)27-12-13-27/h10-11,14-15,17-18,23,25,27,31,33H,3-9,12-13,16,19-22H2,1-2H3,(H,39,43). The van der Waals surface area contributed by atoms with Crippen LogP contribution in [0.2, 0.25) is 0 Å². The van der Waals surface area contributed by atoms with Gasteiger partial charge in [0, 0.05) is 60.2 Å². The van der Waals surface area contributed by atoms with Gasteiger partial charge in [0.05, 0.1) is 23.5 Å². The normalized spacial score (nSPS) is 28.6. The highest BCUT2D eigenvalue weighted by Crippen LogP contribution is 2.66. The zero-order valence-corrected chi connectivity index (χ0v) is 28.9. The summed E-state index contributed by atoms with van der Waals surface area (Å²) in [7, 11) is 0.184. The molecular weight excluding hydrogens is 625 g/mol. The maximum absolute atomic E-state index is 15.1. The third-order valence-corrected chi connectivity index (χ3v) is 14.5. The third-order valence-electron chi connectivity index (χ3n) is 12.6. The number of likely N-dealkylation sites (tertiary alicyclic amines) is 2. The van der Waals surface area contributed by atoms with Crippen molar-refractivity contribution in [3.63, 3.8) is 0 Å². The van der Waals surface area contributed by atoms with Crippen LogP contribution < -0.4 is 9.46 Å². The van der Waals surface area contributed by atoms with Gasteiger partial charge >= 0.3 is 0 Å². The van der Waals surface area contributed by atoms with E-state index in [2.05, 4.69) is 38.3 Å². The number of benzene rings is 2. The summed E-state index contributed by atoms with van der Waals surface area (Å²) in [6, 6.07) is 12.3. The summed E-state index contributed by atoms with van der Waals surface area (Å²) in [5, 5.41) is 0.630. The van der Waals surface area contributed by atoms with E-state index in [0.29, 0.717) is 36.8 Å². The number of carbonyl (C=O) groups is 2. The maximum atomic E-state index is 15.1. The number of nitrogens with one attached hydrogen (secondary N) is 1. The number of piperidine rings is 1. The molecule has 0 bridgehead atoms. The molecule has 4 unspecified atom stereocenters. The molecule has 3 aliphatic heterocycles. The van der Waals surface area contributed by atoms with Crippen LogP contribution in [0.25, 0.3) is 22.2 Å². The van der Waals surface area contributed by atoms with Gasteiger partial charge in [-0.05, 0) is 105 Å². The van der Waals surface area contributed by atoms with E-state index >= 15 is 4.79 Å². The van der Waals surface area contributed by atoms with E-state index in [9.17, 15) is 13.2 Å². The molecule has 2 aromatic carbocycles. The molecule has 2 saturated heterocycles. The second-order valence-corrected chi connectivity index (χ2v) is 17.6. The molecule has 3 aliphatic carbocycles. The Bertz CT molecular complexity index is 1940. The molecule has 9 rings (SSSR count). The molecule has 0 radical (unpaired) electrons. The third kappa shape index (κ3) is 4.76. The van der Waals surface area contributed by atoms with Crippen LogP contribution in [-0.2, 0) is 21.4 Å². The second-order valence-electron chi connectivity index (χ2n) is 15.6. The average molecular weight is 671 g/mol. The molecule has 1 aromatic heterocycles. The largest absolute Gasteiger partial charge is 0.497 e. The Hall–Kier alpha value is -3.37. The Labute approximate surface area is 283 Å². The predicted octanol–water partition coefficient (Wildman–Crippen LogP) is 5.63. The van der Waals surface area contributed by atoms with Gasteiger partial charge in [0.1, 0.15) is 5.75 Å². The van der Waals surface area contributed by atoms with E-state index in [1.165, 1.54) is 36.8 Å². The smallest absolute Gasteiger partial charge is 0.264 e. The van der Waals surface area contributed by atoms with E-state index in [0.717, 1.165) is 73.2 Å². The molecule has 48 heavy (non-hydrogen) atoms. The zero-order valence-electron chi connectivity index (χ0n) is 28.0. The van der Waals surface area contributed by atoms with Gasteiger partial charge in [-0.25, -0.2) is 13.1 Å². The van der Waals surface area contributed by atoms with Crippen LogP contribution in [0.4, 0.5) is 0 Å². The molecule has 0 spiro atoms. The summed E-state index contributed by atoms with van der Waals surface area (Å²) < 4.78 is 35.9. The Morgan fingerprint density at radius 3 is 2.54 bits per heavy atom. The van der Waals surface area contributed by atoms with Crippen molar-refractivity contribution in [1.29, 1.82) is 0 Å². The van der Waals surface area contributed by atoms with Crippen molar-refractivity contribution in [2.75, 3.05) is 33.8 Å². The summed E-state index contributed by atoms with van der Waals surface area (Å²) in [6.07, 6.45) is 10.0. The number of hydrogen-bond acceptors (Lipinski definition) is 6. The summed E-state index contributed by atoms with van der Waals surface area (Å²) in [5.74, 6) is 1.46. The Balaban J connectivity index is 1.22. The molecule has 1 N–H and O–H groups in total. The first-order valence-electron chi connectivity index (χ1n) is 18.1. The van der Waals surface area contributed by atoms with E-state index in [1.807, 2.05) is 18.2 Å². The lowest BCUT2D eigenvalue weighted by Gasteiger charge is -2.39. The molecular formula is C38H46N4O5S. The summed E-state index contributed by atoms with van der Waals surface area (Å²) in [4.78, 5) is 33.1. The molecule has 254 valence electrons. The minimum absolute atomic E-state index is 0.0823. The van der Waals surface area contributed by atoms with Gasteiger partial charge in [-0.1, -0.05) is 25.3 Å². The molecule has 3 aromatic rings. The molecule has 4 atom stereocenters. The molecule has 9 nitrogen and oxygen atoms in total. The number of likely N-dealkylation sites (N-methyl/N-ethyl adjacent to an activating group) is 1. The van der Waals surface area contributed by atoms with Crippen molar-refractivity contribution in [1.82, 2.24) is 19.1 Å². The minimum atomic E-state index is -3.69. The topological polar surface area (TPSA) is 101 Å². The average Bonchev–Trinajstić information content (AvgIpc) is 4.00. The van der Waals surface area contributed by atoms with Crippen molar-refractivity contribution >= 4 is 32.7 Å². The molecule has 6 aliphatic rings. The van der Waals surface area contributed by atoms with Gasteiger partial charge in [0.25, 0.3) is 5.91 Å². The maximum Gasteiger partial charge on any atom is 0.264 e. The first-order chi connectivity index (χ1) is 23.2. The van der Waals surface area contributed by atoms with Crippen LogP contribution in [0.5, 0.6) is 5.75 Å². The number of rotatable bonds is 6. The van der Waals surface area contributed by atoms with Crippen molar-refractivity contribution in [2.24, 2.45) is 11.3 Å². The predicted molar refractivity (Wildman–Crippen MR) is 185 cm³/mol. The lowest BCUT2D eigenvalue weighted by atomic mass is 9.81. The van der Waals surface area contributed by atoms with Crippen molar-refractivity contribution in [2.45, 2.75) is 93.9 Å². The first-order valence-corrected chi connectivity index (χ1v) is 19.6. The van der Waals surface area contributed by atoms with Crippen LogP contribution >= 0.6 is 0 Å². The molecule has 5 fully saturated rings. The first kappa shape index (κ1) is 30.7. The minimum Gasteiger partial charge on any atom is -0.497 e.